The number of carbonyl (C=O) groups excluding carboxylic acids is 2. The van der Waals surface area contributed by atoms with Crippen LogP contribution in [-0.4, -0.2) is 42.3 Å². The molecule has 1 aliphatic rings. The Kier molecular flexibility index (Phi) is 5.47. The zero-order chi connectivity index (χ0) is 26.1. The van der Waals surface area contributed by atoms with Gasteiger partial charge in [-0.3, -0.25) is 18.7 Å². The van der Waals surface area contributed by atoms with Gasteiger partial charge in [0.2, 0.25) is 0 Å². The third kappa shape index (κ3) is 3.93. The third-order valence-corrected chi connectivity index (χ3v) is 8.40. The number of rotatable bonds is 5. The normalized spacial score (nSPS) is 15.8. The number of hydrogen-bond donors (Lipinski definition) is 4. The van der Waals surface area contributed by atoms with Crippen molar-refractivity contribution in [2.24, 2.45) is 0 Å². The molecule has 1 aliphatic heterocycles. The minimum atomic E-state index is -5.02. The summed E-state index contributed by atoms with van der Waals surface area (Å²) in [6, 6.07) is 7.09. The molecule has 3 aromatic rings. The summed E-state index contributed by atoms with van der Waals surface area (Å²) in [5.74, 6) is -2.17. The summed E-state index contributed by atoms with van der Waals surface area (Å²) in [4.78, 5) is 25.3. The maximum absolute atomic E-state index is 13.4. The van der Waals surface area contributed by atoms with E-state index in [1.54, 1.807) is 0 Å². The van der Waals surface area contributed by atoms with Crippen molar-refractivity contribution in [3.8, 4) is 0 Å². The Balaban J connectivity index is 2.11. The molecule has 5 N–H and O–H groups in total. The van der Waals surface area contributed by atoms with Crippen molar-refractivity contribution in [1.82, 2.24) is 0 Å². The second kappa shape index (κ2) is 7.77. The van der Waals surface area contributed by atoms with Crippen LogP contribution in [0.2, 0.25) is 0 Å². The standard InChI is InChI=1S/C20H14N2O10S3/c1-2-33(25,26)11-5-3-4-10(6-11)22-19(23)14-8-12(34(27,28)29)7-13-17(14)15(20(22)24)9-16(18(13)21)35(30,31)32/h2-9H,1H2,(H4-,21,23,24,25,26,27,28,29,30,31,32)/p+1. The summed E-state index contributed by atoms with van der Waals surface area (Å²) in [6.07, 6.45) is 0. The van der Waals surface area contributed by atoms with Crippen LogP contribution < -0.4 is 10.6 Å². The molecule has 0 saturated heterocycles. The van der Waals surface area contributed by atoms with Gasteiger partial charge in [-0.2, -0.15) is 21.4 Å². The summed E-state index contributed by atoms with van der Waals surface area (Å²) in [7, 11) is -13.7. The zero-order valence-corrected chi connectivity index (χ0v) is 19.7. The van der Waals surface area contributed by atoms with Gasteiger partial charge in [0.15, 0.2) is 10.3 Å². The fourth-order valence-electron chi connectivity index (χ4n) is 3.70. The van der Waals surface area contributed by atoms with E-state index in [1.165, 1.54) is 18.2 Å². The number of anilines is 2. The second-order valence-corrected chi connectivity index (χ2v) is 12.1. The average Bonchev–Trinajstić information content (AvgIpc) is 2.77. The number of benzene rings is 3. The summed E-state index contributed by atoms with van der Waals surface area (Å²) in [5, 5.41) is 0.170. The number of amides is 2. The van der Waals surface area contributed by atoms with Crippen LogP contribution in [0.4, 0.5) is 11.4 Å². The maximum Gasteiger partial charge on any atom is 0.296 e. The van der Waals surface area contributed by atoms with Crippen molar-refractivity contribution in [3.05, 3.63) is 65.6 Å². The Morgan fingerprint density at radius 2 is 1.54 bits per heavy atom. The van der Waals surface area contributed by atoms with Crippen LogP contribution in [0.25, 0.3) is 10.8 Å². The monoisotopic (exact) mass is 539 g/mol. The van der Waals surface area contributed by atoms with Gasteiger partial charge >= 0.3 is 0 Å². The van der Waals surface area contributed by atoms with E-state index in [2.05, 4.69) is 6.58 Å². The fourth-order valence-corrected chi connectivity index (χ4v) is 5.64. The van der Waals surface area contributed by atoms with E-state index >= 15 is 0 Å². The highest BCUT2D eigenvalue weighted by molar-refractivity contribution is 8.00. The van der Waals surface area contributed by atoms with E-state index < -0.39 is 68.9 Å². The minimum absolute atomic E-state index is 0.204. The molecule has 4 rings (SSSR count). The molecule has 182 valence electrons. The minimum Gasteiger partial charge on any atom is -0.397 e. The number of nitrogens with two attached hydrogens (primary N) is 1. The second-order valence-electron chi connectivity index (χ2n) is 7.36. The van der Waals surface area contributed by atoms with Gasteiger partial charge in [-0.15, -0.1) is 0 Å². The lowest BCUT2D eigenvalue weighted by atomic mass is 9.92. The van der Waals surface area contributed by atoms with E-state index in [0.29, 0.717) is 4.90 Å². The number of nitrogens with zero attached hydrogens (tertiary/aromatic N) is 1. The van der Waals surface area contributed by atoms with E-state index in [1.807, 2.05) is 0 Å². The highest BCUT2D eigenvalue weighted by Crippen LogP contribution is 2.40. The Hall–Kier alpha value is -3.47. The van der Waals surface area contributed by atoms with Gasteiger partial charge in [0, 0.05) is 16.8 Å². The Morgan fingerprint density at radius 1 is 0.943 bits per heavy atom. The first-order valence-electron chi connectivity index (χ1n) is 9.31. The lowest BCUT2D eigenvalue weighted by Gasteiger charge is -2.28. The van der Waals surface area contributed by atoms with Gasteiger partial charge in [0.05, 0.1) is 27.4 Å². The molecule has 0 saturated carbocycles. The molecule has 35 heavy (non-hydrogen) atoms. The smallest absolute Gasteiger partial charge is 0.296 e. The molecule has 0 radical (unpaired) electrons. The summed E-state index contributed by atoms with van der Waals surface area (Å²) in [6.45, 7) is 3.26. The molecule has 0 bridgehead atoms. The highest BCUT2D eigenvalue weighted by atomic mass is 32.3. The molecule has 0 aromatic heterocycles. The van der Waals surface area contributed by atoms with Crippen molar-refractivity contribution < 1.29 is 44.3 Å². The van der Waals surface area contributed by atoms with Crippen LogP contribution in [0.5, 0.6) is 0 Å². The maximum atomic E-state index is 13.4. The molecular weight excluding hydrogens is 524 g/mol. The summed E-state index contributed by atoms with van der Waals surface area (Å²) < 4.78 is 89.0. The molecule has 0 spiro atoms. The third-order valence-electron chi connectivity index (χ3n) is 5.29. The van der Waals surface area contributed by atoms with Crippen LogP contribution in [0.3, 0.4) is 0 Å². The first kappa shape index (κ1) is 24.6. The number of nitrogen functional groups attached to an aromatic ring is 1. The first-order chi connectivity index (χ1) is 16.1. The Labute approximate surface area is 199 Å². The highest BCUT2D eigenvalue weighted by Gasteiger charge is 2.38. The molecule has 12 nitrogen and oxygen atoms in total. The van der Waals surface area contributed by atoms with E-state index in [4.69, 9.17) is 5.73 Å². The topological polar surface area (TPSA) is 209 Å². The van der Waals surface area contributed by atoms with Crippen molar-refractivity contribution >= 4 is 64.4 Å². The number of carbonyl (C=O) groups is 2. The van der Waals surface area contributed by atoms with Crippen molar-refractivity contribution in [3.63, 3.8) is 0 Å². The van der Waals surface area contributed by atoms with Gasteiger partial charge in [0.25, 0.3) is 42.3 Å². The largest absolute Gasteiger partial charge is 0.397 e. The zero-order valence-electron chi connectivity index (χ0n) is 17.3. The molecule has 0 fully saturated rings. The van der Waals surface area contributed by atoms with Crippen molar-refractivity contribution in [2.45, 2.75) is 14.7 Å². The van der Waals surface area contributed by atoms with Gasteiger partial charge in [-0.1, -0.05) is 10.3 Å². The van der Waals surface area contributed by atoms with Crippen LogP contribution in [0, 0.1) is 0 Å². The van der Waals surface area contributed by atoms with Gasteiger partial charge in [-0.05, 0) is 36.9 Å². The van der Waals surface area contributed by atoms with Crippen LogP contribution >= 0.6 is 0 Å². The average molecular weight is 540 g/mol. The van der Waals surface area contributed by atoms with Gasteiger partial charge in [-0.25, -0.2) is 4.90 Å². The molecule has 2 amide bonds. The van der Waals surface area contributed by atoms with E-state index in [9.17, 15) is 44.3 Å². The molecule has 1 heterocycles. The molecule has 1 atom stereocenters. The van der Waals surface area contributed by atoms with Gasteiger partial charge in [0.1, 0.15) is 4.90 Å². The van der Waals surface area contributed by atoms with Crippen LogP contribution in [0.15, 0.2) is 69.1 Å². The Morgan fingerprint density at radius 3 is 2.09 bits per heavy atom. The summed E-state index contributed by atoms with van der Waals surface area (Å²) in [5.41, 5.74) is 4.11. The van der Waals surface area contributed by atoms with E-state index in [-0.39, 0.29) is 21.4 Å². The predicted molar refractivity (Wildman–Crippen MR) is 125 cm³/mol. The molecule has 15 heteroatoms. The van der Waals surface area contributed by atoms with Crippen LogP contribution in [0.1, 0.15) is 20.7 Å². The summed E-state index contributed by atoms with van der Waals surface area (Å²) >= 11 is 0. The predicted octanol–water partition coefficient (Wildman–Crippen LogP) is 2.19. The fraction of sp³-hybridized carbons (Fsp3) is 0. The number of hydrogen-bond acceptors (Lipinski definition) is 8. The number of imide groups is 1. The van der Waals surface area contributed by atoms with Gasteiger partial charge < -0.3 is 5.73 Å². The van der Waals surface area contributed by atoms with Crippen LogP contribution in [-0.2, 0) is 34.7 Å². The molecule has 0 aliphatic carbocycles. The molecule has 1 unspecified atom stereocenters. The SMILES string of the molecule is C=C[S+](=O)(O)c1cccc(N2C(=O)c3cc(S(=O)(=O)O)cc4c(N)c(S(=O)(=O)O)cc(c34)C2=O)c1. The van der Waals surface area contributed by atoms with Crippen molar-refractivity contribution in [1.29, 1.82) is 0 Å². The molecular formula is C20H15N2O10S3+. The Bertz CT molecular complexity index is 1740. The lowest BCUT2D eigenvalue weighted by molar-refractivity contribution is 0.0893. The lowest BCUT2D eigenvalue weighted by Crippen LogP contribution is -2.41. The first-order valence-corrected chi connectivity index (χ1v) is 13.8. The molecule has 3 aromatic carbocycles. The van der Waals surface area contributed by atoms with E-state index in [0.717, 1.165) is 29.7 Å². The quantitative estimate of drug-likeness (QED) is 0.160. The van der Waals surface area contributed by atoms with Crippen molar-refractivity contribution in [2.75, 3.05) is 10.6 Å².